The number of amides is 1. The SMILES string of the molecule is CCN(C)C(=O)C(C)(N)c1ccccc1. The highest BCUT2D eigenvalue weighted by atomic mass is 16.2. The predicted molar refractivity (Wildman–Crippen MR) is 61.3 cm³/mol. The van der Waals surface area contributed by atoms with Gasteiger partial charge in [0.25, 0.3) is 0 Å². The Hall–Kier alpha value is -1.35. The van der Waals surface area contributed by atoms with E-state index in [1.54, 1.807) is 18.9 Å². The van der Waals surface area contributed by atoms with Gasteiger partial charge in [0.1, 0.15) is 5.54 Å². The van der Waals surface area contributed by atoms with E-state index >= 15 is 0 Å². The third kappa shape index (κ3) is 2.36. The van der Waals surface area contributed by atoms with E-state index in [1.165, 1.54) is 0 Å². The van der Waals surface area contributed by atoms with Gasteiger partial charge in [-0.15, -0.1) is 0 Å². The number of hydrogen-bond donors (Lipinski definition) is 1. The van der Waals surface area contributed by atoms with Crippen molar-refractivity contribution in [3.8, 4) is 0 Å². The van der Waals surface area contributed by atoms with Crippen molar-refractivity contribution < 1.29 is 4.79 Å². The normalized spacial score (nSPS) is 14.4. The molecule has 0 aliphatic heterocycles. The van der Waals surface area contributed by atoms with Crippen molar-refractivity contribution in [1.82, 2.24) is 4.90 Å². The first kappa shape index (κ1) is 11.7. The standard InChI is InChI=1S/C12H18N2O/c1-4-14(3)11(15)12(2,13)10-8-6-5-7-9-10/h5-9H,4,13H2,1-3H3. The lowest BCUT2D eigenvalue weighted by atomic mass is 9.92. The summed E-state index contributed by atoms with van der Waals surface area (Å²) < 4.78 is 0. The Morgan fingerprint density at radius 1 is 1.40 bits per heavy atom. The summed E-state index contributed by atoms with van der Waals surface area (Å²) in [6.07, 6.45) is 0. The van der Waals surface area contributed by atoms with Crippen LogP contribution in [0.2, 0.25) is 0 Å². The summed E-state index contributed by atoms with van der Waals surface area (Å²) in [7, 11) is 1.76. The van der Waals surface area contributed by atoms with Gasteiger partial charge in [-0.3, -0.25) is 4.79 Å². The lowest BCUT2D eigenvalue weighted by Crippen LogP contribution is -2.49. The summed E-state index contributed by atoms with van der Waals surface area (Å²) in [6, 6.07) is 9.44. The zero-order chi connectivity index (χ0) is 11.5. The van der Waals surface area contributed by atoms with Crippen LogP contribution in [0.25, 0.3) is 0 Å². The molecule has 1 atom stereocenters. The summed E-state index contributed by atoms with van der Waals surface area (Å²) in [5.41, 5.74) is 5.97. The molecule has 0 fully saturated rings. The summed E-state index contributed by atoms with van der Waals surface area (Å²) in [5, 5.41) is 0. The molecule has 0 saturated carbocycles. The van der Waals surface area contributed by atoms with Gasteiger partial charge < -0.3 is 10.6 Å². The van der Waals surface area contributed by atoms with Gasteiger partial charge in [-0.2, -0.15) is 0 Å². The van der Waals surface area contributed by atoms with Crippen molar-refractivity contribution in [1.29, 1.82) is 0 Å². The molecule has 0 aromatic heterocycles. The van der Waals surface area contributed by atoms with Crippen LogP contribution in [0.5, 0.6) is 0 Å². The molecule has 0 aliphatic carbocycles. The number of likely N-dealkylation sites (N-methyl/N-ethyl adjacent to an activating group) is 1. The van der Waals surface area contributed by atoms with Crippen LogP contribution in [0.15, 0.2) is 30.3 Å². The van der Waals surface area contributed by atoms with E-state index in [9.17, 15) is 4.79 Å². The fourth-order valence-electron chi connectivity index (χ4n) is 1.45. The van der Waals surface area contributed by atoms with Gasteiger partial charge >= 0.3 is 0 Å². The minimum atomic E-state index is -0.938. The van der Waals surface area contributed by atoms with Crippen molar-refractivity contribution in [3.63, 3.8) is 0 Å². The van der Waals surface area contributed by atoms with Crippen molar-refractivity contribution in [2.45, 2.75) is 19.4 Å². The zero-order valence-corrected chi connectivity index (χ0v) is 9.53. The molecule has 0 aliphatic rings. The van der Waals surface area contributed by atoms with Gasteiger partial charge in [-0.05, 0) is 19.4 Å². The van der Waals surface area contributed by atoms with E-state index in [1.807, 2.05) is 37.3 Å². The smallest absolute Gasteiger partial charge is 0.246 e. The summed E-state index contributed by atoms with van der Waals surface area (Å²) in [4.78, 5) is 13.6. The Morgan fingerprint density at radius 3 is 2.40 bits per heavy atom. The molecule has 0 radical (unpaired) electrons. The third-order valence-corrected chi connectivity index (χ3v) is 2.64. The zero-order valence-electron chi connectivity index (χ0n) is 9.53. The van der Waals surface area contributed by atoms with Crippen LogP contribution in [-0.2, 0) is 10.3 Å². The Bertz CT molecular complexity index is 333. The van der Waals surface area contributed by atoms with Gasteiger partial charge in [-0.25, -0.2) is 0 Å². The second-order valence-electron chi connectivity index (χ2n) is 3.89. The van der Waals surface area contributed by atoms with E-state index in [0.29, 0.717) is 6.54 Å². The van der Waals surface area contributed by atoms with Crippen molar-refractivity contribution in [2.24, 2.45) is 5.73 Å². The third-order valence-electron chi connectivity index (χ3n) is 2.64. The first-order chi connectivity index (χ1) is 7.00. The average molecular weight is 206 g/mol. The van der Waals surface area contributed by atoms with Crippen molar-refractivity contribution in [3.05, 3.63) is 35.9 Å². The maximum Gasteiger partial charge on any atom is 0.246 e. The van der Waals surface area contributed by atoms with Crippen LogP contribution in [0.1, 0.15) is 19.4 Å². The number of hydrogen-bond acceptors (Lipinski definition) is 2. The summed E-state index contributed by atoms with van der Waals surface area (Å²) in [5.74, 6) is -0.0591. The second kappa shape index (κ2) is 4.45. The fraction of sp³-hybridized carbons (Fsp3) is 0.417. The van der Waals surface area contributed by atoms with Gasteiger partial charge in [0.05, 0.1) is 0 Å². The van der Waals surface area contributed by atoms with E-state index in [2.05, 4.69) is 0 Å². The van der Waals surface area contributed by atoms with E-state index in [4.69, 9.17) is 5.73 Å². The molecular weight excluding hydrogens is 188 g/mol. The van der Waals surface area contributed by atoms with Gasteiger partial charge in [0, 0.05) is 13.6 Å². The average Bonchev–Trinajstić information content (AvgIpc) is 2.28. The number of carbonyl (C=O) groups excluding carboxylic acids is 1. The highest BCUT2D eigenvalue weighted by Crippen LogP contribution is 2.19. The molecule has 1 amide bonds. The van der Waals surface area contributed by atoms with E-state index in [0.717, 1.165) is 5.56 Å². The van der Waals surface area contributed by atoms with E-state index in [-0.39, 0.29) is 5.91 Å². The molecule has 1 aromatic carbocycles. The summed E-state index contributed by atoms with van der Waals surface area (Å²) in [6.45, 7) is 4.34. The van der Waals surface area contributed by atoms with Crippen LogP contribution < -0.4 is 5.73 Å². The highest BCUT2D eigenvalue weighted by molar-refractivity contribution is 5.86. The number of benzene rings is 1. The van der Waals surface area contributed by atoms with Gasteiger partial charge in [0.2, 0.25) is 5.91 Å². The highest BCUT2D eigenvalue weighted by Gasteiger charge is 2.32. The molecule has 0 spiro atoms. The molecule has 82 valence electrons. The van der Waals surface area contributed by atoms with Crippen molar-refractivity contribution >= 4 is 5.91 Å². The molecule has 3 heteroatoms. The van der Waals surface area contributed by atoms with Crippen LogP contribution in [0.4, 0.5) is 0 Å². The van der Waals surface area contributed by atoms with Crippen LogP contribution in [-0.4, -0.2) is 24.4 Å². The molecular formula is C12H18N2O. The van der Waals surface area contributed by atoms with Gasteiger partial charge in [0.15, 0.2) is 0 Å². The Morgan fingerprint density at radius 2 is 1.93 bits per heavy atom. The molecule has 1 unspecified atom stereocenters. The Kier molecular flexibility index (Phi) is 3.48. The molecule has 2 N–H and O–H groups in total. The predicted octanol–water partition coefficient (Wildman–Crippen LogP) is 1.34. The lowest BCUT2D eigenvalue weighted by molar-refractivity contribution is -0.135. The van der Waals surface area contributed by atoms with E-state index < -0.39 is 5.54 Å². The molecule has 0 saturated heterocycles. The number of carbonyl (C=O) groups is 1. The molecule has 1 rings (SSSR count). The maximum absolute atomic E-state index is 12.0. The fourth-order valence-corrected chi connectivity index (χ4v) is 1.45. The van der Waals surface area contributed by atoms with Crippen LogP contribution in [0, 0.1) is 0 Å². The first-order valence-electron chi connectivity index (χ1n) is 5.10. The van der Waals surface area contributed by atoms with Crippen molar-refractivity contribution in [2.75, 3.05) is 13.6 Å². The number of rotatable bonds is 3. The maximum atomic E-state index is 12.0. The molecule has 0 heterocycles. The minimum Gasteiger partial charge on any atom is -0.344 e. The number of nitrogens with zero attached hydrogens (tertiary/aromatic N) is 1. The number of nitrogens with two attached hydrogens (primary N) is 1. The minimum absolute atomic E-state index is 0.0591. The second-order valence-corrected chi connectivity index (χ2v) is 3.89. The van der Waals surface area contributed by atoms with Crippen LogP contribution >= 0.6 is 0 Å². The monoisotopic (exact) mass is 206 g/mol. The van der Waals surface area contributed by atoms with Crippen LogP contribution in [0.3, 0.4) is 0 Å². The Labute approximate surface area is 90.9 Å². The molecule has 3 nitrogen and oxygen atoms in total. The molecule has 1 aromatic rings. The Balaban J connectivity index is 2.98. The molecule has 0 bridgehead atoms. The first-order valence-corrected chi connectivity index (χ1v) is 5.10. The largest absolute Gasteiger partial charge is 0.344 e. The van der Waals surface area contributed by atoms with Gasteiger partial charge in [-0.1, -0.05) is 30.3 Å². The lowest BCUT2D eigenvalue weighted by Gasteiger charge is -2.28. The quantitative estimate of drug-likeness (QED) is 0.811. The summed E-state index contributed by atoms with van der Waals surface area (Å²) >= 11 is 0. The molecule has 15 heavy (non-hydrogen) atoms. The topological polar surface area (TPSA) is 46.3 Å².